The van der Waals surface area contributed by atoms with Gasteiger partial charge < -0.3 is 10.2 Å². The second kappa shape index (κ2) is 10.6. The minimum atomic E-state index is -0.295. The predicted octanol–water partition coefficient (Wildman–Crippen LogP) is 4.59. The van der Waals surface area contributed by atoms with Gasteiger partial charge in [0.15, 0.2) is 0 Å². The Balaban J connectivity index is 1.45. The number of aromatic nitrogens is 2. The molecule has 0 saturated heterocycles. The summed E-state index contributed by atoms with van der Waals surface area (Å²) < 4.78 is 17.6. The number of nitrogens with zero attached hydrogens (tertiary/aromatic N) is 3. The zero-order chi connectivity index (χ0) is 22.2. The predicted molar refractivity (Wildman–Crippen MR) is 125 cm³/mol. The Bertz CT molecular complexity index is 1130. The topological polar surface area (TPSA) is 58.1 Å². The van der Waals surface area contributed by atoms with Crippen LogP contribution in [0.15, 0.2) is 84.9 Å². The average Bonchev–Trinajstić information content (AvgIpc) is 3.28. The summed E-state index contributed by atoms with van der Waals surface area (Å²) in [5, 5.41) is 3.61. The maximum atomic E-state index is 13.1. The van der Waals surface area contributed by atoms with Gasteiger partial charge in [0.05, 0.1) is 6.54 Å². The number of nitrogens with one attached hydrogen (secondary N) is 1. The van der Waals surface area contributed by atoms with Crippen LogP contribution in [-0.4, -0.2) is 21.8 Å². The Morgan fingerprint density at radius 2 is 1.53 bits per heavy atom. The van der Waals surface area contributed by atoms with Gasteiger partial charge in [-0.2, -0.15) is 4.37 Å². The van der Waals surface area contributed by atoms with Crippen LogP contribution in [0.4, 0.5) is 9.52 Å². The number of rotatable bonds is 9. The molecule has 0 bridgehead atoms. The molecule has 0 aliphatic heterocycles. The molecule has 0 spiro atoms. The third-order valence-corrected chi connectivity index (χ3v) is 5.70. The van der Waals surface area contributed by atoms with Crippen molar-refractivity contribution in [3.63, 3.8) is 0 Å². The fourth-order valence-corrected chi connectivity index (χ4v) is 3.93. The van der Waals surface area contributed by atoms with E-state index in [-0.39, 0.29) is 18.3 Å². The maximum Gasteiger partial charge on any atom is 0.239 e. The molecule has 1 amide bonds. The number of halogens is 1. The number of carbonyl (C=O) groups excluding carboxylic acids is 1. The molecule has 32 heavy (non-hydrogen) atoms. The first-order chi connectivity index (χ1) is 15.7. The van der Waals surface area contributed by atoms with Crippen LogP contribution in [-0.2, 0) is 24.3 Å². The molecule has 162 valence electrons. The Labute approximate surface area is 190 Å². The molecule has 0 fully saturated rings. The van der Waals surface area contributed by atoms with Gasteiger partial charge in [-0.1, -0.05) is 72.8 Å². The van der Waals surface area contributed by atoms with Gasteiger partial charge >= 0.3 is 0 Å². The van der Waals surface area contributed by atoms with Gasteiger partial charge in [0.1, 0.15) is 11.6 Å². The largest absolute Gasteiger partial charge is 0.350 e. The number of carbonyl (C=O) groups is 1. The summed E-state index contributed by atoms with van der Waals surface area (Å²) in [4.78, 5) is 19.3. The van der Waals surface area contributed by atoms with Gasteiger partial charge in [0, 0.05) is 31.0 Å². The van der Waals surface area contributed by atoms with Crippen molar-refractivity contribution in [2.45, 2.75) is 19.5 Å². The first kappa shape index (κ1) is 21.6. The third-order valence-electron chi connectivity index (χ3n) is 4.89. The lowest BCUT2D eigenvalue weighted by molar-refractivity contribution is -0.119. The summed E-state index contributed by atoms with van der Waals surface area (Å²) in [5.41, 5.74) is 3.07. The second-order valence-corrected chi connectivity index (χ2v) is 8.13. The molecule has 0 radical (unpaired) electrons. The lowest BCUT2D eigenvalue weighted by Gasteiger charge is -2.21. The van der Waals surface area contributed by atoms with E-state index >= 15 is 0 Å². The molecule has 1 aromatic heterocycles. The highest BCUT2D eigenvalue weighted by molar-refractivity contribution is 7.09. The number of hydrogen-bond acceptors (Lipinski definition) is 5. The molecule has 0 aliphatic rings. The summed E-state index contributed by atoms with van der Waals surface area (Å²) in [6.07, 6.45) is 0.646. The SMILES string of the molecule is O=C(CN(Cc1ccccc1)c1nc(Cc2ccccc2)ns1)NCc1ccc(F)cc1. The molecule has 0 saturated carbocycles. The van der Waals surface area contributed by atoms with Crippen molar-refractivity contribution >= 4 is 22.6 Å². The van der Waals surface area contributed by atoms with Crippen molar-refractivity contribution in [2.75, 3.05) is 11.4 Å². The van der Waals surface area contributed by atoms with Crippen molar-refractivity contribution in [3.8, 4) is 0 Å². The second-order valence-electron chi connectivity index (χ2n) is 7.40. The van der Waals surface area contributed by atoms with E-state index in [1.165, 1.54) is 23.7 Å². The Kier molecular flexibility index (Phi) is 7.19. The summed E-state index contributed by atoms with van der Waals surface area (Å²) >= 11 is 1.30. The van der Waals surface area contributed by atoms with E-state index < -0.39 is 0 Å². The lowest BCUT2D eigenvalue weighted by Crippen LogP contribution is -2.36. The van der Waals surface area contributed by atoms with Crippen molar-refractivity contribution in [3.05, 3.63) is 113 Å². The molecular weight excluding hydrogens is 423 g/mol. The smallest absolute Gasteiger partial charge is 0.239 e. The fourth-order valence-electron chi connectivity index (χ4n) is 3.25. The first-order valence-corrected chi connectivity index (χ1v) is 11.1. The van der Waals surface area contributed by atoms with Crippen LogP contribution in [0, 0.1) is 5.82 Å². The molecule has 5 nitrogen and oxygen atoms in total. The molecule has 4 rings (SSSR count). The molecule has 1 heterocycles. The number of amides is 1. The highest BCUT2D eigenvalue weighted by atomic mass is 32.1. The normalized spacial score (nSPS) is 10.7. The molecule has 7 heteroatoms. The van der Waals surface area contributed by atoms with E-state index in [0.717, 1.165) is 22.5 Å². The van der Waals surface area contributed by atoms with Gasteiger partial charge in [0.25, 0.3) is 0 Å². The third kappa shape index (κ3) is 6.21. The average molecular weight is 447 g/mol. The van der Waals surface area contributed by atoms with E-state index in [1.54, 1.807) is 12.1 Å². The van der Waals surface area contributed by atoms with Crippen LogP contribution in [0.1, 0.15) is 22.5 Å². The van der Waals surface area contributed by atoms with Gasteiger partial charge in [-0.3, -0.25) is 4.79 Å². The summed E-state index contributed by atoms with van der Waals surface area (Å²) in [7, 11) is 0. The molecule has 0 atom stereocenters. The fraction of sp³-hybridized carbons (Fsp3) is 0.160. The summed E-state index contributed by atoms with van der Waals surface area (Å²) in [6.45, 7) is 1.04. The molecule has 4 aromatic rings. The Morgan fingerprint density at radius 3 is 2.22 bits per heavy atom. The highest BCUT2D eigenvalue weighted by Crippen LogP contribution is 2.21. The Morgan fingerprint density at radius 1 is 0.875 bits per heavy atom. The van der Waals surface area contributed by atoms with Crippen molar-refractivity contribution < 1.29 is 9.18 Å². The minimum absolute atomic E-state index is 0.134. The van der Waals surface area contributed by atoms with Gasteiger partial charge in [-0.05, 0) is 28.8 Å². The van der Waals surface area contributed by atoms with E-state index in [1.807, 2.05) is 65.6 Å². The Hall–Kier alpha value is -3.58. The maximum absolute atomic E-state index is 13.1. The van der Waals surface area contributed by atoms with Gasteiger partial charge in [-0.15, -0.1) is 0 Å². The van der Waals surface area contributed by atoms with Crippen LogP contribution < -0.4 is 10.2 Å². The lowest BCUT2D eigenvalue weighted by atomic mass is 10.1. The van der Waals surface area contributed by atoms with E-state index in [0.29, 0.717) is 24.6 Å². The molecule has 0 unspecified atom stereocenters. The number of benzene rings is 3. The molecular formula is C25H23FN4OS. The zero-order valence-electron chi connectivity index (χ0n) is 17.4. The molecule has 0 aliphatic carbocycles. The summed E-state index contributed by atoms with van der Waals surface area (Å²) in [5.74, 6) is 0.308. The monoisotopic (exact) mass is 446 g/mol. The van der Waals surface area contributed by atoms with Gasteiger partial charge in [-0.25, -0.2) is 9.37 Å². The minimum Gasteiger partial charge on any atom is -0.350 e. The highest BCUT2D eigenvalue weighted by Gasteiger charge is 2.17. The standard InChI is InChI=1S/C25H23FN4OS/c26-22-13-11-20(12-14-22)16-27-24(31)18-30(17-21-9-5-2-6-10-21)25-28-23(29-32-25)15-19-7-3-1-4-8-19/h1-14H,15-18H2,(H,27,31). The molecule has 3 aromatic carbocycles. The van der Waals surface area contributed by atoms with Crippen LogP contribution in [0.5, 0.6) is 0 Å². The van der Waals surface area contributed by atoms with Crippen molar-refractivity contribution in [1.82, 2.24) is 14.7 Å². The van der Waals surface area contributed by atoms with E-state index in [2.05, 4.69) is 9.69 Å². The quantitative estimate of drug-likeness (QED) is 0.409. The van der Waals surface area contributed by atoms with Crippen LogP contribution in [0.2, 0.25) is 0 Å². The summed E-state index contributed by atoms with van der Waals surface area (Å²) in [6, 6.07) is 26.1. The van der Waals surface area contributed by atoms with E-state index in [9.17, 15) is 9.18 Å². The van der Waals surface area contributed by atoms with Crippen LogP contribution in [0.25, 0.3) is 0 Å². The van der Waals surface area contributed by atoms with Crippen molar-refractivity contribution in [1.29, 1.82) is 0 Å². The van der Waals surface area contributed by atoms with Crippen LogP contribution >= 0.6 is 11.5 Å². The first-order valence-electron chi connectivity index (χ1n) is 10.3. The number of anilines is 1. The van der Waals surface area contributed by atoms with Crippen molar-refractivity contribution in [2.24, 2.45) is 0 Å². The zero-order valence-corrected chi connectivity index (χ0v) is 18.3. The number of hydrogen-bond donors (Lipinski definition) is 1. The van der Waals surface area contributed by atoms with Crippen LogP contribution in [0.3, 0.4) is 0 Å². The molecule has 1 N–H and O–H groups in total. The van der Waals surface area contributed by atoms with Gasteiger partial charge in [0.2, 0.25) is 11.0 Å². The van der Waals surface area contributed by atoms with E-state index in [4.69, 9.17) is 4.98 Å².